The van der Waals surface area contributed by atoms with E-state index in [0.717, 1.165) is 41.5 Å². The summed E-state index contributed by atoms with van der Waals surface area (Å²) in [6.07, 6.45) is 0.939. The first-order chi connectivity index (χ1) is 12.7. The highest BCUT2D eigenvalue weighted by atomic mass is 32.2. The molecule has 7 nitrogen and oxygen atoms in total. The van der Waals surface area contributed by atoms with Crippen molar-refractivity contribution in [3.05, 3.63) is 63.7 Å². The van der Waals surface area contributed by atoms with Gasteiger partial charge in [0.05, 0.1) is 14.4 Å². The van der Waals surface area contributed by atoms with Gasteiger partial charge in [-0.25, -0.2) is 8.42 Å². The lowest BCUT2D eigenvalue weighted by molar-refractivity contribution is -0.385. The van der Waals surface area contributed by atoms with Crippen molar-refractivity contribution in [3.63, 3.8) is 0 Å². The molecule has 10 heteroatoms. The number of rotatable bonds is 5. The third kappa shape index (κ3) is 4.82. The van der Waals surface area contributed by atoms with E-state index in [4.69, 9.17) is 0 Å². The monoisotopic (exact) mass is 424 g/mol. The molecule has 0 spiro atoms. The van der Waals surface area contributed by atoms with Gasteiger partial charge in [0.2, 0.25) is 0 Å². The number of carbonyl (C=O) groups excluding carboxylic acids is 1. The van der Waals surface area contributed by atoms with Crippen molar-refractivity contribution >= 4 is 50.6 Å². The number of anilines is 1. The van der Waals surface area contributed by atoms with Crippen LogP contribution in [0.2, 0.25) is 0 Å². The number of benzene rings is 2. The van der Waals surface area contributed by atoms with Crippen molar-refractivity contribution in [1.82, 2.24) is 0 Å². The van der Waals surface area contributed by atoms with Crippen LogP contribution < -0.4 is 5.32 Å². The van der Waals surface area contributed by atoms with E-state index in [9.17, 15) is 23.3 Å². The summed E-state index contributed by atoms with van der Waals surface area (Å²) in [7, 11) is -3.70. The van der Waals surface area contributed by atoms with Crippen molar-refractivity contribution in [1.29, 1.82) is 0 Å². The maximum atomic E-state index is 12.6. The molecule has 0 radical (unpaired) electrons. The number of nitrogens with zero attached hydrogens (tertiary/aromatic N) is 1. The third-order valence-corrected chi connectivity index (χ3v) is 8.03. The van der Waals surface area contributed by atoms with Crippen LogP contribution in [-0.2, 0) is 9.84 Å². The molecule has 142 valence electrons. The van der Waals surface area contributed by atoms with E-state index in [0.29, 0.717) is 10.3 Å². The molecule has 2 aromatic carbocycles. The molecular weight excluding hydrogens is 408 g/mol. The molecule has 0 aliphatic carbocycles. The van der Waals surface area contributed by atoms with Crippen LogP contribution in [0.1, 0.15) is 20.5 Å². The van der Waals surface area contributed by atoms with Crippen LogP contribution in [0.5, 0.6) is 0 Å². The number of thioether (sulfide) groups is 2. The molecule has 1 amide bonds. The zero-order chi connectivity index (χ0) is 19.6. The predicted molar refractivity (Wildman–Crippen MR) is 108 cm³/mol. The first-order valence-electron chi connectivity index (χ1n) is 7.88. The minimum atomic E-state index is -3.70. The second-order valence-corrected chi connectivity index (χ2v) is 10.6. The SMILES string of the molecule is CS(=O)(=O)c1cc(C(=O)Nc2cccc(C3SCCS3)c2)cc([N+](=O)[O-])c1. The lowest BCUT2D eigenvalue weighted by Crippen LogP contribution is -2.13. The van der Waals surface area contributed by atoms with Crippen LogP contribution in [-0.4, -0.2) is 37.0 Å². The van der Waals surface area contributed by atoms with Gasteiger partial charge in [0.15, 0.2) is 9.84 Å². The summed E-state index contributed by atoms with van der Waals surface area (Å²) < 4.78 is 23.9. The third-order valence-electron chi connectivity index (χ3n) is 3.83. The Morgan fingerprint density at radius 2 is 1.89 bits per heavy atom. The van der Waals surface area contributed by atoms with Gasteiger partial charge in [-0.1, -0.05) is 12.1 Å². The van der Waals surface area contributed by atoms with Gasteiger partial charge in [0.1, 0.15) is 0 Å². The summed E-state index contributed by atoms with van der Waals surface area (Å²) >= 11 is 3.68. The van der Waals surface area contributed by atoms with Crippen LogP contribution in [0, 0.1) is 10.1 Å². The normalized spacial score (nSPS) is 14.9. The second-order valence-electron chi connectivity index (χ2n) is 5.90. The first kappa shape index (κ1) is 19.7. The average molecular weight is 425 g/mol. The molecule has 0 atom stereocenters. The smallest absolute Gasteiger partial charge is 0.271 e. The molecule has 1 heterocycles. The first-order valence-corrected chi connectivity index (χ1v) is 11.9. The number of nitro benzene ring substituents is 1. The van der Waals surface area contributed by atoms with Gasteiger partial charge in [-0.3, -0.25) is 14.9 Å². The highest BCUT2D eigenvalue weighted by Crippen LogP contribution is 2.45. The molecule has 1 saturated heterocycles. The van der Waals surface area contributed by atoms with Crippen molar-refractivity contribution in [2.45, 2.75) is 9.48 Å². The molecule has 1 aliphatic heterocycles. The fourth-order valence-electron chi connectivity index (χ4n) is 2.55. The summed E-state index contributed by atoms with van der Waals surface area (Å²) in [5.74, 6) is 1.55. The Morgan fingerprint density at radius 1 is 1.19 bits per heavy atom. The molecule has 0 unspecified atom stereocenters. The van der Waals surface area contributed by atoms with Gasteiger partial charge in [-0.05, 0) is 23.8 Å². The Bertz CT molecular complexity index is 1000. The van der Waals surface area contributed by atoms with Crippen molar-refractivity contribution in [3.8, 4) is 0 Å². The summed E-state index contributed by atoms with van der Waals surface area (Å²) in [4.78, 5) is 22.7. The average Bonchev–Trinajstić information content (AvgIpc) is 3.15. The van der Waals surface area contributed by atoms with E-state index in [1.807, 2.05) is 41.7 Å². The maximum absolute atomic E-state index is 12.6. The number of non-ortho nitro benzene ring substituents is 1. The van der Waals surface area contributed by atoms with Gasteiger partial charge in [0, 0.05) is 41.1 Å². The molecule has 0 bridgehead atoms. The van der Waals surface area contributed by atoms with Gasteiger partial charge in [-0.2, -0.15) is 0 Å². The molecular formula is C17H16N2O5S3. The lowest BCUT2D eigenvalue weighted by atomic mass is 10.1. The molecule has 27 heavy (non-hydrogen) atoms. The van der Waals surface area contributed by atoms with Gasteiger partial charge in [-0.15, -0.1) is 23.5 Å². The maximum Gasteiger partial charge on any atom is 0.271 e. The van der Waals surface area contributed by atoms with E-state index in [1.165, 1.54) is 0 Å². The lowest BCUT2D eigenvalue weighted by Gasteiger charge is -2.11. The van der Waals surface area contributed by atoms with Gasteiger partial charge < -0.3 is 5.32 Å². The van der Waals surface area contributed by atoms with Gasteiger partial charge >= 0.3 is 0 Å². The zero-order valence-electron chi connectivity index (χ0n) is 14.2. The van der Waals surface area contributed by atoms with Crippen molar-refractivity contribution in [2.24, 2.45) is 0 Å². The highest BCUT2D eigenvalue weighted by molar-refractivity contribution is 8.19. The van der Waals surface area contributed by atoms with E-state index in [-0.39, 0.29) is 10.5 Å². The topological polar surface area (TPSA) is 106 Å². The Morgan fingerprint density at radius 3 is 2.52 bits per heavy atom. The summed E-state index contributed by atoms with van der Waals surface area (Å²) in [6, 6.07) is 10.6. The van der Waals surface area contributed by atoms with Crippen molar-refractivity contribution in [2.75, 3.05) is 23.1 Å². The molecule has 3 rings (SSSR count). The Labute approximate surface area is 165 Å². The number of hydrogen-bond donors (Lipinski definition) is 1. The fourth-order valence-corrected chi connectivity index (χ4v) is 6.07. The number of nitrogens with one attached hydrogen (secondary N) is 1. The number of nitro groups is 1. The summed E-state index contributed by atoms with van der Waals surface area (Å²) in [5.41, 5.74) is 1.10. The van der Waals surface area contributed by atoms with Crippen LogP contribution in [0.4, 0.5) is 11.4 Å². The van der Waals surface area contributed by atoms with E-state index >= 15 is 0 Å². The minimum absolute atomic E-state index is 0.0837. The molecule has 1 fully saturated rings. The Hall–Kier alpha value is -2.04. The Balaban J connectivity index is 1.89. The minimum Gasteiger partial charge on any atom is -0.322 e. The largest absolute Gasteiger partial charge is 0.322 e. The van der Waals surface area contributed by atoms with E-state index < -0.39 is 26.4 Å². The Kier molecular flexibility index (Phi) is 5.78. The number of amides is 1. The molecule has 1 aliphatic rings. The van der Waals surface area contributed by atoms with Gasteiger partial charge in [0.25, 0.3) is 11.6 Å². The highest BCUT2D eigenvalue weighted by Gasteiger charge is 2.21. The van der Waals surface area contributed by atoms with Crippen LogP contribution in [0.25, 0.3) is 0 Å². The van der Waals surface area contributed by atoms with Crippen molar-refractivity contribution < 1.29 is 18.1 Å². The molecule has 0 saturated carbocycles. The standard InChI is InChI=1S/C17H16N2O5S3/c1-27(23,24)15-9-12(8-14(10-15)19(21)22)16(20)18-13-4-2-3-11(7-13)17-25-5-6-26-17/h2-4,7-10,17H,5-6H2,1H3,(H,18,20). The number of hydrogen-bond acceptors (Lipinski definition) is 7. The summed E-state index contributed by atoms with van der Waals surface area (Å²) in [6.45, 7) is 0. The van der Waals surface area contributed by atoms with Crippen LogP contribution >= 0.6 is 23.5 Å². The van der Waals surface area contributed by atoms with Crippen LogP contribution in [0.15, 0.2) is 47.4 Å². The fraction of sp³-hybridized carbons (Fsp3) is 0.235. The summed E-state index contributed by atoms with van der Waals surface area (Å²) in [5, 5.41) is 13.8. The number of carbonyl (C=O) groups is 1. The number of sulfone groups is 1. The van der Waals surface area contributed by atoms with E-state index in [1.54, 1.807) is 6.07 Å². The zero-order valence-corrected chi connectivity index (χ0v) is 16.7. The quantitative estimate of drug-likeness (QED) is 0.576. The molecule has 0 aromatic heterocycles. The van der Waals surface area contributed by atoms with E-state index in [2.05, 4.69) is 5.32 Å². The second kappa shape index (κ2) is 7.91. The molecule has 1 N–H and O–H groups in total. The molecule has 2 aromatic rings. The predicted octanol–water partition coefficient (Wildman–Crippen LogP) is 3.73. The van der Waals surface area contributed by atoms with Crippen LogP contribution in [0.3, 0.4) is 0 Å².